The fourth-order valence-corrected chi connectivity index (χ4v) is 2.67. The molecule has 3 nitrogen and oxygen atoms in total. The highest BCUT2D eigenvalue weighted by Crippen LogP contribution is 2.36. The van der Waals surface area contributed by atoms with E-state index < -0.39 is 5.97 Å². The standard InChI is InChI=1S/C9H15NO2/c11-9(12)7-4-5-10-8-3-1-2-6(7)8/h6-8,10H,1-5H2,(H,11,12). The van der Waals surface area contributed by atoms with Crippen molar-refractivity contribution in [1.82, 2.24) is 5.32 Å². The lowest BCUT2D eigenvalue weighted by Crippen LogP contribution is -2.45. The van der Waals surface area contributed by atoms with Gasteiger partial charge in [-0.3, -0.25) is 4.79 Å². The third-order valence-corrected chi connectivity index (χ3v) is 3.27. The lowest BCUT2D eigenvalue weighted by Gasteiger charge is -2.32. The van der Waals surface area contributed by atoms with Gasteiger partial charge in [0.15, 0.2) is 0 Å². The van der Waals surface area contributed by atoms with Gasteiger partial charge in [-0.1, -0.05) is 6.42 Å². The number of fused-ring (bicyclic) bond motifs is 1. The van der Waals surface area contributed by atoms with Gasteiger partial charge in [-0.25, -0.2) is 0 Å². The Balaban J connectivity index is 2.08. The van der Waals surface area contributed by atoms with Crippen LogP contribution in [0, 0.1) is 11.8 Å². The van der Waals surface area contributed by atoms with Crippen molar-refractivity contribution >= 4 is 5.97 Å². The molecule has 2 rings (SSSR count). The fraction of sp³-hybridized carbons (Fsp3) is 0.889. The molecule has 0 aromatic carbocycles. The Morgan fingerprint density at radius 3 is 2.92 bits per heavy atom. The van der Waals surface area contributed by atoms with Gasteiger partial charge in [-0.2, -0.15) is 0 Å². The maximum Gasteiger partial charge on any atom is 0.306 e. The number of nitrogens with one attached hydrogen (secondary N) is 1. The zero-order valence-electron chi connectivity index (χ0n) is 7.12. The summed E-state index contributed by atoms with van der Waals surface area (Å²) in [6.07, 6.45) is 4.30. The largest absolute Gasteiger partial charge is 0.481 e. The number of hydrogen-bond donors (Lipinski definition) is 2. The molecule has 1 heterocycles. The number of aliphatic carboxylic acids is 1. The first-order valence-electron chi connectivity index (χ1n) is 4.75. The van der Waals surface area contributed by atoms with Crippen LogP contribution in [0.5, 0.6) is 0 Å². The van der Waals surface area contributed by atoms with E-state index in [4.69, 9.17) is 5.11 Å². The van der Waals surface area contributed by atoms with Crippen LogP contribution < -0.4 is 5.32 Å². The zero-order chi connectivity index (χ0) is 8.55. The van der Waals surface area contributed by atoms with Crippen molar-refractivity contribution in [2.75, 3.05) is 6.54 Å². The molecular formula is C9H15NO2. The molecular weight excluding hydrogens is 154 g/mol. The Morgan fingerprint density at radius 1 is 1.33 bits per heavy atom. The first-order chi connectivity index (χ1) is 5.79. The van der Waals surface area contributed by atoms with Gasteiger partial charge in [0, 0.05) is 6.04 Å². The Hall–Kier alpha value is -0.570. The quantitative estimate of drug-likeness (QED) is 0.611. The summed E-state index contributed by atoms with van der Waals surface area (Å²) < 4.78 is 0. The van der Waals surface area contributed by atoms with Gasteiger partial charge in [0.1, 0.15) is 0 Å². The second-order valence-corrected chi connectivity index (χ2v) is 3.89. The summed E-state index contributed by atoms with van der Waals surface area (Å²) >= 11 is 0. The zero-order valence-corrected chi connectivity index (χ0v) is 7.12. The fourth-order valence-electron chi connectivity index (χ4n) is 2.67. The minimum absolute atomic E-state index is 0.0706. The normalized spacial score (nSPS) is 40.8. The molecule has 2 aliphatic rings. The molecule has 3 unspecified atom stereocenters. The van der Waals surface area contributed by atoms with Crippen LogP contribution in [0.3, 0.4) is 0 Å². The molecule has 1 saturated heterocycles. The van der Waals surface area contributed by atoms with Crippen LogP contribution in [-0.4, -0.2) is 23.7 Å². The van der Waals surface area contributed by atoms with Gasteiger partial charge < -0.3 is 10.4 Å². The highest BCUT2D eigenvalue weighted by atomic mass is 16.4. The van der Waals surface area contributed by atoms with E-state index in [-0.39, 0.29) is 5.92 Å². The highest BCUT2D eigenvalue weighted by Gasteiger charge is 2.39. The highest BCUT2D eigenvalue weighted by molar-refractivity contribution is 5.70. The number of carbonyl (C=O) groups is 1. The van der Waals surface area contributed by atoms with Gasteiger partial charge in [0.25, 0.3) is 0 Å². The topological polar surface area (TPSA) is 49.3 Å². The number of piperidine rings is 1. The molecule has 12 heavy (non-hydrogen) atoms. The number of carboxylic acids is 1. The average Bonchev–Trinajstić information content (AvgIpc) is 2.49. The number of hydrogen-bond acceptors (Lipinski definition) is 2. The van der Waals surface area contributed by atoms with Gasteiger partial charge in [-0.15, -0.1) is 0 Å². The van der Waals surface area contributed by atoms with E-state index in [0.29, 0.717) is 12.0 Å². The molecule has 1 aliphatic carbocycles. The van der Waals surface area contributed by atoms with Gasteiger partial charge in [-0.05, 0) is 31.7 Å². The van der Waals surface area contributed by atoms with Crippen LogP contribution in [0.2, 0.25) is 0 Å². The van der Waals surface area contributed by atoms with E-state index in [2.05, 4.69) is 5.32 Å². The molecule has 0 spiro atoms. The van der Waals surface area contributed by atoms with Crippen molar-refractivity contribution in [3.8, 4) is 0 Å². The SMILES string of the molecule is O=C(O)C1CCNC2CCCC21. The molecule has 0 bridgehead atoms. The molecule has 1 saturated carbocycles. The van der Waals surface area contributed by atoms with Crippen molar-refractivity contribution in [2.24, 2.45) is 11.8 Å². The smallest absolute Gasteiger partial charge is 0.306 e. The van der Waals surface area contributed by atoms with E-state index >= 15 is 0 Å². The van der Waals surface area contributed by atoms with Crippen LogP contribution in [0.15, 0.2) is 0 Å². The predicted molar refractivity (Wildman–Crippen MR) is 44.9 cm³/mol. The summed E-state index contributed by atoms with van der Waals surface area (Å²) in [6.45, 7) is 0.887. The summed E-state index contributed by atoms with van der Waals surface area (Å²) in [5, 5.41) is 12.4. The minimum atomic E-state index is -0.589. The van der Waals surface area contributed by atoms with Crippen LogP contribution in [0.4, 0.5) is 0 Å². The maximum atomic E-state index is 10.9. The van der Waals surface area contributed by atoms with Crippen LogP contribution in [0.1, 0.15) is 25.7 Å². The maximum absolute atomic E-state index is 10.9. The van der Waals surface area contributed by atoms with Crippen molar-refractivity contribution in [1.29, 1.82) is 0 Å². The second kappa shape index (κ2) is 3.05. The molecule has 1 aliphatic heterocycles. The van der Waals surface area contributed by atoms with E-state index in [0.717, 1.165) is 19.4 Å². The monoisotopic (exact) mass is 169 g/mol. The third kappa shape index (κ3) is 1.22. The molecule has 0 aromatic heterocycles. The van der Waals surface area contributed by atoms with Gasteiger partial charge in [0.05, 0.1) is 5.92 Å². The van der Waals surface area contributed by atoms with Crippen LogP contribution in [0.25, 0.3) is 0 Å². The molecule has 68 valence electrons. The third-order valence-electron chi connectivity index (χ3n) is 3.27. The Labute approximate surface area is 72.2 Å². The van der Waals surface area contributed by atoms with E-state index in [9.17, 15) is 4.79 Å². The van der Waals surface area contributed by atoms with E-state index in [1.165, 1.54) is 12.8 Å². The van der Waals surface area contributed by atoms with Crippen LogP contribution in [-0.2, 0) is 4.79 Å². The summed E-state index contributed by atoms with van der Waals surface area (Å²) in [5.41, 5.74) is 0. The van der Waals surface area contributed by atoms with Crippen molar-refractivity contribution in [3.05, 3.63) is 0 Å². The first kappa shape index (κ1) is 8.05. The number of carboxylic acid groups (broad SMARTS) is 1. The Bertz CT molecular complexity index is 193. The summed E-state index contributed by atoms with van der Waals surface area (Å²) in [6, 6.07) is 0.500. The molecule has 0 radical (unpaired) electrons. The Kier molecular flexibility index (Phi) is 2.05. The minimum Gasteiger partial charge on any atom is -0.481 e. The van der Waals surface area contributed by atoms with Crippen molar-refractivity contribution in [3.63, 3.8) is 0 Å². The second-order valence-electron chi connectivity index (χ2n) is 3.89. The molecule has 0 amide bonds. The van der Waals surface area contributed by atoms with E-state index in [1.54, 1.807) is 0 Å². The van der Waals surface area contributed by atoms with Crippen molar-refractivity contribution in [2.45, 2.75) is 31.7 Å². The summed E-state index contributed by atoms with van der Waals surface area (Å²) in [5.74, 6) is -0.247. The molecule has 2 N–H and O–H groups in total. The average molecular weight is 169 g/mol. The predicted octanol–water partition coefficient (Wildman–Crippen LogP) is 0.849. The molecule has 3 atom stereocenters. The van der Waals surface area contributed by atoms with Gasteiger partial charge in [0.2, 0.25) is 0 Å². The molecule has 0 aromatic rings. The number of rotatable bonds is 1. The van der Waals surface area contributed by atoms with Crippen molar-refractivity contribution < 1.29 is 9.90 Å². The summed E-state index contributed by atoms with van der Waals surface area (Å²) in [7, 11) is 0. The van der Waals surface area contributed by atoms with E-state index in [1.807, 2.05) is 0 Å². The molecule has 2 fully saturated rings. The lowest BCUT2D eigenvalue weighted by atomic mass is 9.82. The lowest BCUT2D eigenvalue weighted by molar-refractivity contribution is -0.145. The molecule has 3 heteroatoms. The summed E-state index contributed by atoms with van der Waals surface area (Å²) in [4.78, 5) is 10.9. The van der Waals surface area contributed by atoms with Crippen LogP contribution >= 0.6 is 0 Å². The first-order valence-corrected chi connectivity index (χ1v) is 4.75. The Morgan fingerprint density at radius 2 is 2.17 bits per heavy atom. The van der Waals surface area contributed by atoms with Gasteiger partial charge >= 0.3 is 5.97 Å².